The monoisotopic (exact) mass is 492 g/mol. The Morgan fingerprint density at radius 1 is 1.13 bits per heavy atom. The maximum atomic E-state index is 12.5. The summed E-state index contributed by atoms with van der Waals surface area (Å²) in [6, 6.07) is 12.7. The quantitative estimate of drug-likeness (QED) is 0.300. The first-order valence-electron chi connectivity index (χ1n) is 10.2. The molecule has 0 heterocycles. The minimum Gasteiger partial charge on any atom is -0.492 e. The molecule has 0 saturated carbocycles. The average molecular weight is 493 g/mol. The molecule has 5 nitrogen and oxygen atoms in total. The number of hydrogen-bond acceptors (Lipinski definition) is 4. The molecule has 2 aromatic rings. The highest BCUT2D eigenvalue weighted by Gasteiger charge is 2.11. The van der Waals surface area contributed by atoms with Gasteiger partial charge in [-0.05, 0) is 78.7 Å². The van der Waals surface area contributed by atoms with Crippen molar-refractivity contribution in [3.8, 4) is 11.5 Å². The number of carbonyl (C=O) groups excluding carboxylic acids is 1. The first-order chi connectivity index (χ1) is 14.4. The molecule has 0 bridgehead atoms. The third-order valence-electron chi connectivity index (χ3n) is 4.14. The van der Waals surface area contributed by atoms with E-state index >= 15 is 0 Å². The normalized spacial score (nSPS) is 10.6. The summed E-state index contributed by atoms with van der Waals surface area (Å²) in [5.41, 5.74) is 1.23. The molecule has 2 N–H and O–H groups in total. The summed E-state index contributed by atoms with van der Waals surface area (Å²) < 4.78 is 12.2. The van der Waals surface area contributed by atoms with Gasteiger partial charge >= 0.3 is 0 Å². The highest BCUT2D eigenvalue weighted by molar-refractivity contribution is 9.10. The van der Waals surface area contributed by atoms with E-state index in [9.17, 15) is 4.79 Å². The van der Waals surface area contributed by atoms with Crippen LogP contribution < -0.4 is 20.1 Å². The van der Waals surface area contributed by atoms with Crippen LogP contribution in [-0.4, -0.2) is 23.7 Å². The molecule has 0 aliphatic heterocycles. The second-order valence-corrected chi connectivity index (χ2v) is 8.42. The Bertz CT molecular complexity index is 858. The second-order valence-electron chi connectivity index (χ2n) is 7.16. The number of halogens is 1. The Labute approximate surface area is 192 Å². The Hall–Kier alpha value is -2.12. The minimum atomic E-state index is -0.294. The fraction of sp³-hybridized carbons (Fsp3) is 0.391. The van der Waals surface area contributed by atoms with Crippen LogP contribution >= 0.6 is 28.1 Å². The number of benzene rings is 2. The topological polar surface area (TPSA) is 59.6 Å². The van der Waals surface area contributed by atoms with E-state index in [2.05, 4.69) is 33.5 Å². The van der Waals surface area contributed by atoms with Crippen LogP contribution in [0, 0.1) is 0 Å². The Morgan fingerprint density at radius 3 is 2.63 bits per heavy atom. The van der Waals surface area contributed by atoms with Crippen molar-refractivity contribution in [3.05, 3.63) is 52.5 Å². The number of anilines is 1. The molecule has 0 unspecified atom stereocenters. The van der Waals surface area contributed by atoms with Gasteiger partial charge in [0.15, 0.2) is 5.11 Å². The average Bonchev–Trinajstić information content (AvgIpc) is 2.68. The molecule has 0 saturated heterocycles. The molecule has 0 spiro atoms. The van der Waals surface area contributed by atoms with E-state index in [4.69, 9.17) is 21.7 Å². The lowest BCUT2D eigenvalue weighted by Gasteiger charge is -2.13. The number of hydrogen-bond donors (Lipinski definition) is 2. The molecule has 0 aliphatic rings. The van der Waals surface area contributed by atoms with Crippen LogP contribution in [0.25, 0.3) is 0 Å². The summed E-state index contributed by atoms with van der Waals surface area (Å²) >= 11 is 8.75. The minimum absolute atomic E-state index is 0.0774. The van der Waals surface area contributed by atoms with Gasteiger partial charge in [0.25, 0.3) is 5.91 Å². The van der Waals surface area contributed by atoms with E-state index in [1.807, 2.05) is 38.1 Å². The fourth-order valence-electron chi connectivity index (χ4n) is 2.73. The summed E-state index contributed by atoms with van der Waals surface area (Å²) in [6.45, 7) is 6.77. The highest BCUT2D eigenvalue weighted by Crippen LogP contribution is 2.26. The number of ether oxygens (including phenoxy) is 2. The third-order valence-corrected chi connectivity index (χ3v) is 4.96. The van der Waals surface area contributed by atoms with Gasteiger partial charge in [-0.15, -0.1) is 0 Å². The molecular formula is C23H29BrN2O3S. The molecule has 7 heteroatoms. The van der Waals surface area contributed by atoms with Gasteiger partial charge in [-0.1, -0.05) is 32.3 Å². The number of thiocarbonyl (C=S) groups is 1. The van der Waals surface area contributed by atoms with Crippen molar-refractivity contribution >= 4 is 44.9 Å². The third kappa shape index (κ3) is 8.32. The molecule has 0 aliphatic carbocycles. The van der Waals surface area contributed by atoms with E-state index in [0.717, 1.165) is 34.5 Å². The van der Waals surface area contributed by atoms with Crippen molar-refractivity contribution in [2.75, 3.05) is 11.9 Å². The van der Waals surface area contributed by atoms with Gasteiger partial charge < -0.3 is 14.8 Å². The summed E-state index contributed by atoms with van der Waals surface area (Å²) in [6.07, 6.45) is 4.67. The molecule has 2 aromatic carbocycles. The van der Waals surface area contributed by atoms with E-state index in [0.29, 0.717) is 12.2 Å². The zero-order chi connectivity index (χ0) is 21.9. The van der Waals surface area contributed by atoms with Gasteiger partial charge in [0.05, 0.1) is 17.2 Å². The number of carbonyl (C=O) groups is 1. The molecular weight excluding hydrogens is 464 g/mol. The van der Waals surface area contributed by atoms with Crippen LogP contribution in [0.2, 0.25) is 0 Å². The van der Waals surface area contributed by atoms with Gasteiger partial charge in [0, 0.05) is 17.3 Å². The van der Waals surface area contributed by atoms with Crippen LogP contribution in [0.4, 0.5) is 5.69 Å². The predicted octanol–water partition coefficient (Wildman–Crippen LogP) is 6.32. The first-order valence-corrected chi connectivity index (χ1v) is 11.4. The highest BCUT2D eigenvalue weighted by atomic mass is 79.9. The molecule has 0 fully saturated rings. The number of nitrogens with one attached hydrogen (secondary N) is 2. The summed E-state index contributed by atoms with van der Waals surface area (Å²) in [4.78, 5) is 12.5. The van der Waals surface area contributed by atoms with E-state index < -0.39 is 0 Å². The van der Waals surface area contributed by atoms with Gasteiger partial charge in [-0.2, -0.15) is 0 Å². The summed E-state index contributed by atoms with van der Waals surface area (Å²) in [5, 5.41) is 5.92. The standard InChI is InChI=1S/C23H29BrN2O3S/c1-4-5-6-7-13-28-21-12-11-17(14-20(21)24)22(27)26-23(30)25-18-9-8-10-19(15-18)29-16(2)3/h8-12,14-16H,4-7,13H2,1-3H3,(H2,25,26,27,30). The predicted molar refractivity (Wildman–Crippen MR) is 130 cm³/mol. The molecule has 162 valence electrons. The van der Waals surface area contributed by atoms with Crippen molar-refractivity contribution in [2.24, 2.45) is 0 Å². The van der Waals surface area contributed by atoms with Gasteiger partial charge in [-0.25, -0.2) is 0 Å². The summed E-state index contributed by atoms with van der Waals surface area (Å²) in [7, 11) is 0. The van der Waals surface area contributed by atoms with Gasteiger partial charge in [0.1, 0.15) is 11.5 Å². The number of amides is 1. The van der Waals surface area contributed by atoms with Crippen LogP contribution in [-0.2, 0) is 0 Å². The smallest absolute Gasteiger partial charge is 0.257 e. The van der Waals surface area contributed by atoms with Crippen molar-refractivity contribution in [1.29, 1.82) is 0 Å². The fourth-order valence-corrected chi connectivity index (χ4v) is 3.43. The lowest BCUT2D eigenvalue weighted by atomic mass is 10.2. The van der Waals surface area contributed by atoms with E-state index in [-0.39, 0.29) is 17.1 Å². The maximum absolute atomic E-state index is 12.5. The lowest BCUT2D eigenvalue weighted by Crippen LogP contribution is -2.34. The zero-order valence-electron chi connectivity index (χ0n) is 17.7. The zero-order valence-corrected chi connectivity index (χ0v) is 20.1. The largest absolute Gasteiger partial charge is 0.492 e. The Balaban J connectivity index is 1.89. The first kappa shape index (κ1) is 24.2. The molecule has 1 amide bonds. The molecule has 0 atom stereocenters. The number of unbranched alkanes of at least 4 members (excludes halogenated alkanes) is 3. The van der Waals surface area contributed by atoms with E-state index in [1.54, 1.807) is 18.2 Å². The van der Waals surface area contributed by atoms with Crippen LogP contribution in [0.5, 0.6) is 11.5 Å². The van der Waals surface area contributed by atoms with Crippen molar-refractivity contribution in [2.45, 2.75) is 52.6 Å². The Kier molecular flexibility index (Phi) is 10.1. The molecule has 2 rings (SSSR count). The SMILES string of the molecule is CCCCCCOc1ccc(C(=O)NC(=S)Nc2cccc(OC(C)C)c2)cc1Br. The number of rotatable bonds is 10. The van der Waals surface area contributed by atoms with Crippen molar-refractivity contribution in [1.82, 2.24) is 5.32 Å². The van der Waals surface area contributed by atoms with Crippen molar-refractivity contribution < 1.29 is 14.3 Å². The van der Waals surface area contributed by atoms with Crippen molar-refractivity contribution in [3.63, 3.8) is 0 Å². The Morgan fingerprint density at radius 2 is 1.93 bits per heavy atom. The second kappa shape index (κ2) is 12.5. The molecule has 0 radical (unpaired) electrons. The van der Waals surface area contributed by atoms with Gasteiger partial charge in [0.2, 0.25) is 0 Å². The maximum Gasteiger partial charge on any atom is 0.257 e. The van der Waals surface area contributed by atoms with Crippen LogP contribution in [0.1, 0.15) is 56.8 Å². The molecule has 30 heavy (non-hydrogen) atoms. The summed E-state index contributed by atoms with van der Waals surface area (Å²) in [5.74, 6) is 1.17. The van der Waals surface area contributed by atoms with Crippen LogP contribution in [0.15, 0.2) is 46.9 Å². The van der Waals surface area contributed by atoms with Gasteiger partial charge in [-0.3, -0.25) is 10.1 Å². The molecule has 0 aromatic heterocycles. The van der Waals surface area contributed by atoms with Crippen LogP contribution in [0.3, 0.4) is 0 Å². The van der Waals surface area contributed by atoms with E-state index in [1.165, 1.54) is 12.8 Å². The lowest BCUT2D eigenvalue weighted by molar-refractivity contribution is 0.0977.